The molecule has 28 heavy (non-hydrogen) atoms. The Balaban J connectivity index is 1.78. The zero-order valence-electron chi connectivity index (χ0n) is 15.5. The molecule has 0 saturated heterocycles. The Morgan fingerprint density at radius 2 is 2.21 bits per heavy atom. The molecule has 1 aliphatic carbocycles. The van der Waals surface area contributed by atoms with E-state index in [1.807, 2.05) is 12.1 Å². The zero-order valence-corrected chi connectivity index (χ0v) is 17.1. The predicted molar refractivity (Wildman–Crippen MR) is 109 cm³/mol. The number of hydrogen-bond acceptors (Lipinski definition) is 6. The Bertz CT molecular complexity index is 1200. The van der Waals surface area contributed by atoms with Crippen molar-refractivity contribution in [2.45, 2.75) is 25.4 Å². The molecule has 0 amide bonds. The lowest BCUT2D eigenvalue weighted by atomic mass is 10.1. The quantitative estimate of drug-likeness (QED) is 0.653. The van der Waals surface area contributed by atoms with Crippen molar-refractivity contribution in [3.8, 4) is 6.07 Å². The standard InChI is InChI=1S/C18H20N6O2S2/c1-23(2)28(25,26)22-12-6-14-13-5-11(8-19)3-4-15(13)24(16(14)7-12)9-17-18(20)21-10-27-17/h3-5,10,12,22H,6-7,9,20H2,1-2H3. The minimum absolute atomic E-state index is 0.224. The van der Waals surface area contributed by atoms with Crippen molar-refractivity contribution < 1.29 is 8.42 Å². The van der Waals surface area contributed by atoms with Gasteiger partial charge >= 0.3 is 0 Å². The highest BCUT2D eigenvalue weighted by Crippen LogP contribution is 2.35. The van der Waals surface area contributed by atoms with Crippen molar-refractivity contribution in [2.24, 2.45) is 0 Å². The Morgan fingerprint density at radius 3 is 2.86 bits per heavy atom. The van der Waals surface area contributed by atoms with Crippen LogP contribution in [0.5, 0.6) is 0 Å². The zero-order chi connectivity index (χ0) is 20.1. The van der Waals surface area contributed by atoms with Crippen molar-refractivity contribution in [1.29, 1.82) is 5.26 Å². The van der Waals surface area contributed by atoms with E-state index >= 15 is 0 Å². The smallest absolute Gasteiger partial charge is 0.279 e. The average Bonchev–Trinajstić information content (AvgIpc) is 3.31. The summed E-state index contributed by atoms with van der Waals surface area (Å²) in [6.45, 7) is 0.571. The number of anilines is 1. The van der Waals surface area contributed by atoms with E-state index in [2.05, 4.69) is 20.3 Å². The van der Waals surface area contributed by atoms with E-state index in [0.717, 1.165) is 27.0 Å². The molecule has 4 rings (SSSR count). The lowest BCUT2D eigenvalue weighted by Gasteiger charge is -2.18. The molecule has 2 aromatic heterocycles. The van der Waals surface area contributed by atoms with Crippen LogP contribution in [-0.2, 0) is 29.6 Å². The van der Waals surface area contributed by atoms with Gasteiger partial charge in [-0.25, -0.2) is 4.98 Å². The number of nitrogens with one attached hydrogen (secondary N) is 1. The fourth-order valence-corrected chi connectivity index (χ4v) is 5.15. The molecule has 0 saturated carbocycles. The van der Waals surface area contributed by atoms with Gasteiger partial charge in [0, 0.05) is 43.2 Å². The molecule has 3 N–H and O–H groups in total. The molecule has 1 aliphatic rings. The predicted octanol–water partition coefficient (Wildman–Crippen LogP) is 1.46. The minimum atomic E-state index is -3.52. The van der Waals surface area contributed by atoms with Crippen LogP contribution in [0.3, 0.4) is 0 Å². The Labute approximate surface area is 167 Å². The number of benzene rings is 1. The van der Waals surface area contributed by atoms with Gasteiger partial charge in [-0.2, -0.15) is 22.7 Å². The summed E-state index contributed by atoms with van der Waals surface area (Å²) >= 11 is 1.50. The molecular formula is C18H20N6O2S2. The summed E-state index contributed by atoms with van der Waals surface area (Å²) in [7, 11) is -0.508. The van der Waals surface area contributed by atoms with Gasteiger partial charge in [-0.3, -0.25) is 0 Å². The van der Waals surface area contributed by atoms with Crippen LogP contribution < -0.4 is 10.5 Å². The van der Waals surface area contributed by atoms with Gasteiger partial charge in [0.15, 0.2) is 0 Å². The molecule has 0 fully saturated rings. The lowest BCUT2D eigenvalue weighted by Crippen LogP contribution is -2.42. The number of nitriles is 1. The maximum atomic E-state index is 12.3. The third kappa shape index (κ3) is 3.16. The topological polar surface area (TPSA) is 117 Å². The van der Waals surface area contributed by atoms with Crippen molar-refractivity contribution >= 4 is 38.3 Å². The van der Waals surface area contributed by atoms with Crippen LogP contribution in [0.25, 0.3) is 10.9 Å². The normalized spacial score (nSPS) is 16.6. The number of fused-ring (bicyclic) bond motifs is 3. The summed E-state index contributed by atoms with van der Waals surface area (Å²) < 4.78 is 30.6. The van der Waals surface area contributed by atoms with Crippen LogP contribution in [-0.4, -0.2) is 42.4 Å². The van der Waals surface area contributed by atoms with Crippen LogP contribution in [0.15, 0.2) is 23.7 Å². The summed E-state index contributed by atoms with van der Waals surface area (Å²) in [5.41, 5.74) is 11.5. The molecule has 1 aromatic carbocycles. The highest BCUT2D eigenvalue weighted by Gasteiger charge is 2.32. The first kappa shape index (κ1) is 18.9. The number of thiazole rings is 1. The second-order valence-corrected chi connectivity index (χ2v) is 9.88. The van der Waals surface area contributed by atoms with E-state index in [9.17, 15) is 13.7 Å². The van der Waals surface area contributed by atoms with E-state index in [1.54, 1.807) is 11.6 Å². The number of aromatic nitrogens is 2. The largest absolute Gasteiger partial charge is 0.383 e. The van der Waals surface area contributed by atoms with Crippen LogP contribution in [0.4, 0.5) is 5.82 Å². The Kier molecular flexibility index (Phi) is 4.63. The minimum Gasteiger partial charge on any atom is -0.383 e. The third-order valence-corrected chi connectivity index (χ3v) is 7.50. The maximum Gasteiger partial charge on any atom is 0.279 e. The molecule has 0 radical (unpaired) electrons. The monoisotopic (exact) mass is 416 g/mol. The first-order valence-corrected chi connectivity index (χ1v) is 11.0. The first-order chi connectivity index (χ1) is 13.3. The number of hydrogen-bond donors (Lipinski definition) is 2. The highest BCUT2D eigenvalue weighted by molar-refractivity contribution is 7.87. The molecule has 146 valence electrons. The second kappa shape index (κ2) is 6.86. The first-order valence-electron chi connectivity index (χ1n) is 8.72. The Hall–Kier alpha value is -2.45. The van der Waals surface area contributed by atoms with E-state index in [0.29, 0.717) is 30.8 Å². The summed E-state index contributed by atoms with van der Waals surface area (Å²) in [6.07, 6.45) is 1.16. The third-order valence-electron chi connectivity index (χ3n) is 5.08. The van der Waals surface area contributed by atoms with Gasteiger partial charge in [0.05, 0.1) is 28.6 Å². The van der Waals surface area contributed by atoms with Crippen molar-refractivity contribution in [3.05, 3.63) is 45.4 Å². The summed E-state index contributed by atoms with van der Waals surface area (Å²) in [5, 5.41) is 10.3. The lowest BCUT2D eigenvalue weighted by molar-refractivity contribution is 0.487. The fraction of sp³-hybridized carbons (Fsp3) is 0.333. The molecule has 0 bridgehead atoms. The molecule has 1 unspecified atom stereocenters. The summed E-state index contributed by atoms with van der Waals surface area (Å²) in [6, 6.07) is 7.59. The molecule has 3 aromatic rings. The number of nitrogens with zero attached hydrogens (tertiary/aromatic N) is 4. The number of rotatable bonds is 5. The molecular weight excluding hydrogens is 396 g/mol. The maximum absolute atomic E-state index is 12.3. The van der Waals surface area contributed by atoms with Crippen molar-refractivity contribution in [2.75, 3.05) is 19.8 Å². The van der Waals surface area contributed by atoms with Crippen LogP contribution >= 0.6 is 11.3 Å². The molecule has 8 nitrogen and oxygen atoms in total. The SMILES string of the molecule is CN(C)S(=O)(=O)NC1Cc2c(n(Cc3scnc3N)c3ccc(C#N)cc23)C1. The van der Waals surface area contributed by atoms with Crippen LogP contribution in [0.2, 0.25) is 0 Å². The molecule has 10 heteroatoms. The van der Waals surface area contributed by atoms with Gasteiger partial charge in [-0.1, -0.05) is 0 Å². The van der Waals surface area contributed by atoms with Crippen molar-refractivity contribution in [3.63, 3.8) is 0 Å². The fourth-order valence-electron chi connectivity index (χ4n) is 3.68. The molecule has 0 aliphatic heterocycles. The summed E-state index contributed by atoms with van der Waals surface area (Å²) in [4.78, 5) is 5.08. The average molecular weight is 417 g/mol. The molecule has 1 atom stereocenters. The van der Waals surface area contributed by atoms with Gasteiger partial charge in [0.1, 0.15) is 5.82 Å². The molecule has 0 spiro atoms. The van der Waals surface area contributed by atoms with Crippen LogP contribution in [0.1, 0.15) is 21.7 Å². The second-order valence-electron chi connectivity index (χ2n) is 7.03. The molecule has 2 heterocycles. The van der Waals surface area contributed by atoms with E-state index < -0.39 is 10.2 Å². The van der Waals surface area contributed by atoms with Gasteiger partial charge in [0.2, 0.25) is 0 Å². The van der Waals surface area contributed by atoms with E-state index in [4.69, 9.17) is 5.73 Å². The highest BCUT2D eigenvalue weighted by atomic mass is 32.2. The van der Waals surface area contributed by atoms with Crippen molar-refractivity contribution in [1.82, 2.24) is 18.6 Å². The number of nitrogen functional groups attached to an aromatic ring is 1. The number of nitrogens with two attached hydrogens (primary N) is 1. The van der Waals surface area contributed by atoms with Gasteiger partial charge in [0.25, 0.3) is 10.2 Å². The summed E-state index contributed by atoms with van der Waals surface area (Å²) in [5.74, 6) is 0.511. The van der Waals surface area contributed by atoms with E-state index in [1.165, 1.54) is 29.7 Å². The van der Waals surface area contributed by atoms with Gasteiger partial charge < -0.3 is 10.3 Å². The Morgan fingerprint density at radius 1 is 1.43 bits per heavy atom. The van der Waals surface area contributed by atoms with Gasteiger partial charge in [-0.15, -0.1) is 11.3 Å². The van der Waals surface area contributed by atoms with E-state index in [-0.39, 0.29) is 6.04 Å². The van der Waals surface area contributed by atoms with Crippen LogP contribution in [0, 0.1) is 11.3 Å². The van der Waals surface area contributed by atoms with Gasteiger partial charge in [-0.05, 0) is 30.2 Å².